The summed E-state index contributed by atoms with van der Waals surface area (Å²) in [5.74, 6) is -0.310. The second-order valence-electron chi connectivity index (χ2n) is 6.28. The van der Waals surface area contributed by atoms with Crippen molar-refractivity contribution in [1.82, 2.24) is 0 Å². The standard InChI is InChI=1S/C22H17FOS/c1-3-14-8-11-18-17-10-9-16(15-6-4-13(2)5-7-15)12-19(17)22(25)24-21(18)20(14)23/h4-12H,3H2,1-2H3. The Morgan fingerprint density at radius 3 is 2.28 bits per heavy atom. The minimum atomic E-state index is -0.310. The first-order valence-electron chi connectivity index (χ1n) is 8.33. The molecular formula is C22H17FOS. The van der Waals surface area contributed by atoms with Gasteiger partial charge in [-0.1, -0.05) is 61.0 Å². The van der Waals surface area contributed by atoms with E-state index < -0.39 is 0 Å². The molecule has 0 fully saturated rings. The largest absolute Gasteiger partial charge is 0.441 e. The van der Waals surface area contributed by atoms with Gasteiger partial charge in [0.1, 0.15) is 0 Å². The van der Waals surface area contributed by atoms with Crippen LogP contribution in [0.1, 0.15) is 18.1 Å². The number of aryl methyl sites for hydroxylation is 2. The molecule has 0 bridgehead atoms. The highest BCUT2D eigenvalue weighted by Crippen LogP contribution is 2.33. The van der Waals surface area contributed by atoms with E-state index in [1.807, 2.05) is 37.3 Å². The summed E-state index contributed by atoms with van der Waals surface area (Å²) >= 11 is 5.42. The molecule has 0 saturated carbocycles. The average Bonchev–Trinajstić information content (AvgIpc) is 2.63. The normalized spacial score (nSPS) is 11.3. The van der Waals surface area contributed by atoms with Gasteiger partial charge in [0.05, 0.1) is 0 Å². The molecule has 0 aliphatic heterocycles. The summed E-state index contributed by atoms with van der Waals surface area (Å²) in [5.41, 5.74) is 4.30. The number of halogens is 1. The van der Waals surface area contributed by atoms with Crippen LogP contribution >= 0.6 is 12.2 Å². The molecule has 4 rings (SSSR count). The van der Waals surface area contributed by atoms with Gasteiger partial charge in [-0.2, -0.15) is 0 Å². The summed E-state index contributed by atoms with van der Waals surface area (Å²) < 4.78 is 20.6. The smallest absolute Gasteiger partial charge is 0.198 e. The molecule has 0 aliphatic rings. The molecule has 124 valence electrons. The molecule has 3 aromatic carbocycles. The van der Waals surface area contributed by atoms with E-state index in [2.05, 4.69) is 31.2 Å². The molecule has 0 aliphatic carbocycles. The highest BCUT2D eigenvalue weighted by Gasteiger charge is 2.13. The zero-order valence-corrected chi connectivity index (χ0v) is 14.9. The monoisotopic (exact) mass is 348 g/mol. The van der Waals surface area contributed by atoms with Crippen molar-refractivity contribution in [1.29, 1.82) is 0 Å². The molecule has 25 heavy (non-hydrogen) atoms. The third-order valence-corrected chi connectivity index (χ3v) is 4.97. The molecule has 0 unspecified atom stereocenters. The van der Waals surface area contributed by atoms with E-state index in [4.69, 9.17) is 16.6 Å². The molecule has 1 heterocycles. The number of hydrogen-bond acceptors (Lipinski definition) is 2. The van der Waals surface area contributed by atoms with Crippen LogP contribution in [0.3, 0.4) is 0 Å². The first-order valence-corrected chi connectivity index (χ1v) is 8.74. The van der Waals surface area contributed by atoms with Crippen molar-refractivity contribution in [3.8, 4) is 11.1 Å². The Balaban J connectivity index is 2.00. The quantitative estimate of drug-likeness (QED) is 0.286. The van der Waals surface area contributed by atoms with Crippen molar-refractivity contribution < 1.29 is 8.81 Å². The fraction of sp³-hybridized carbons (Fsp3) is 0.136. The lowest BCUT2D eigenvalue weighted by Gasteiger charge is -2.09. The Bertz CT molecular complexity index is 1160. The maximum Gasteiger partial charge on any atom is 0.198 e. The summed E-state index contributed by atoms with van der Waals surface area (Å²) in [4.78, 5) is 0. The van der Waals surface area contributed by atoms with Crippen LogP contribution in [-0.4, -0.2) is 0 Å². The highest BCUT2D eigenvalue weighted by atomic mass is 32.1. The number of fused-ring (bicyclic) bond motifs is 3. The van der Waals surface area contributed by atoms with Crippen molar-refractivity contribution in [3.63, 3.8) is 0 Å². The van der Waals surface area contributed by atoms with Crippen LogP contribution in [0.2, 0.25) is 0 Å². The minimum Gasteiger partial charge on any atom is -0.441 e. The van der Waals surface area contributed by atoms with Gasteiger partial charge in [0.25, 0.3) is 0 Å². The summed E-state index contributed by atoms with van der Waals surface area (Å²) in [6.45, 7) is 3.99. The third-order valence-electron chi connectivity index (χ3n) is 4.67. The molecule has 0 amide bonds. The van der Waals surface area contributed by atoms with Crippen LogP contribution in [0.5, 0.6) is 0 Å². The van der Waals surface area contributed by atoms with E-state index in [0.717, 1.165) is 27.3 Å². The molecule has 4 aromatic rings. The molecule has 3 heteroatoms. The lowest BCUT2D eigenvalue weighted by atomic mass is 9.99. The van der Waals surface area contributed by atoms with Crippen molar-refractivity contribution >= 4 is 34.0 Å². The van der Waals surface area contributed by atoms with Gasteiger partial charge in [-0.05, 0) is 53.7 Å². The Hall–Kier alpha value is -2.52. The molecule has 1 aromatic heterocycles. The number of hydrogen-bond donors (Lipinski definition) is 0. The van der Waals surface area contributed by atoms with Crippen molar-refractivity contribution in [3.05, 3.63) is 76.2 Å². The van der Waals surface area contributed by atoms with Gasteiger partial charge in [-0.15, -0.1) is 0 Å². The fourth-order valence-electron chi connectivity index (χ4n) is 3.20. The van der Waals surface area contributed by atoms with Crippen LogP contribution in [0.15, 0.2) is 59.0 Å². The molecule has 0 saturated heterocycles. The second-order valence-corrected chi connectivity index (χ2v) is 6.66. The second kappa shape index (κ2) is 6.08. The molecule has 1 nitrogen and oxygen atoms in total. The van der Waals surface area contributed by atoms with Crippen molar-refractivity contribution in [2.24, 2.45) is 0 Å². The van der Waals surface area contributed by atoms with Gasteiger partial charge in [0, 0.05) is 10.8 Å². The van der Waals surface area contributed by atoms with Crippen LogP contribution in [0, 0.1) is 17.4 Å². The number of rotatable bonds is 2. The predicted molar refractivity (Wildman–Crippen MR) is 104 cm³/mol. The van der Waals surface area contributed by atoms with Gasteiger partial charge in [-0.25, -0.2) is 4.39 Å². The topological polar surface area (TPSA) is 13.1 Å². The fourth-order valence-corrected chi connectivity index (χ4v) is 3.46. The van der Waals surface area contributed by atoms with Crippen LogP contribution in [0.25, 0.3) is 32.9 Å². The van der Waals surface area contributed by atoms with Crippen molar-refractivity contribution in [2.75, 3.05) is 0 Å². The Morgan fingerprint density at radius 2 is 1.56 bits per heavy atom. The average molecular weight is 348 g/mol. The van der Waals surface area contributed by atoms with E-state index >= 15 is 0 Å². The lowest BCUT2D eigenvalue weighted by Crippen LogP contribution is -1.91. The van der Waals surface area contributed by atoms with E-state index in [1.54, 1.807) is 0 Å². The van der Waals surface area contributed by atoms with Crippen LogP contribution < -0.4 is 0 Å². The van der Waals surface area contributed by atoms with E-state index in [0.29, 0.717) is 16.7 Å². The van der Waals surface area contributed by atoms with Gasteiger partial charge < -0.3 is 4.42 Å². The van der Waals surface area contributed by atoms with Gasteiger partial charge >= 0.3 is 0 Å². The first kappa shape index (κ1) is 16.0. The Kier molecular flexibility index (Phi) is 3.89. The molecule has 0 N–H and O–H groups in total. The zero-order valence-electron chi connectivity index (χ0n) is 14.1. The number of benzene rings is 3. The van der Waals surface area contributed by atoms with Gasteiger partial charge in [-0.3, -0.25) is 0 Å². The maximum atomic E-state index is 14.6. The van der Waals surface area contributed by atoms with E-state index in [1.165, 1.54) is 5.56 Å². The SMILES string of the molecule is CCc1ccc2c(oc(=S)c3cc(-c4ccc(C)cc4)ccc32)c1F. The van der Waals surface area contributed by atoms with Gasteiger partial charge in [0.2, 0.25) is 0 Å². The zero-order chi connectivity index (χ0) is 17.6. The molecule has 0 atom stereocenters. The molecular weight excluding hydrogens is 331 g/mol. The molecule has 0 spiro atoms. The van der Waals surface area contributed by atoms with Gasteiger partial charge in [0.15, 0.2) is 16.1 Å². The summed E-state index contributed by atoms with van der Waals surface area (Å²) in [5, 5.41) is 2.52. The summed E-state index contributed by atoms with van der Waals surface area (Å²) in [7, 11) is 0. The first-order chi connectivity index (χ1) is 12.1. The Labute approximate surface area is 150 Å². The Morgan fingerprint density at radius 1 is 0.880 bits per heavy atom. The lowest BCUT2D eigenvalue weighted by molar-refractivity contribution is 0.540. The third kappa shape index (κ3) is 2.65. The predicted octanol–water partition coefficient (Wildman–Crippen LogP) is 6.99. The van der Waals surface area contributed by atoms with Crippen LogP contribution in [-0.2, 0) is 6.42 Å². The summed E-state index contributed by atoms with van der Waals surface area (Å²) in [6.07, 6.45) is 0.619. The van der Waals surface area contributed by atoms with Crippen molar-refractivity contribution in [2.45, 2.75) is 20.3 Å². The molecule has 0 radical (unpaired) electrons. The maximum absolute atomic E-state index is 14.6. The van der Waals surface area contributed by atoms with E-state index in [9.17, 15) is 4.39 Å². The minimum absolute atomic E-state index is 0.250. The van der Waals surface area contributed by atoms with E-state index in [-0.39, 0.29) is 11.4 Å². The summed E-state index contributed by atoms with van der Waals surface area (Å²) in [6, 6.07) is 18.2. The van der Waals surface area contributed by atoms with Crippen LogP contribution in [0.4, 0.5) is 4.39 Å². The highest BCUT2D eigenvalue weighted by molar-refractivity contribution is 7.71.